The largest absolute Gasteiger partial charge is 0.338 e. The van der Waals surface area contributed by atoms with Gasteiger partial charge in [-0.25, -0.2) is 0 Å². The van der Waals surface area contributed by atoms with Crippen molar-refractivity contribution in [1.29, 1.82) is 0 Å². The summed E-state index contributed by atoms with van der Waals surface area (Å²) in [5.74, 6) is 0.634. The van der Waals surface area contributed by atoms with E-state index < -0.39 is 0 Å². The van der Waals surface area contributed by atoms with E-state index in [2.05, 4.69) is 57.3 Å². The highest BCUT2D eigenvalue weighted by Gasteiger charge is 2.04. The van der Waals surface area contributed by atoms with Crippen molar-refractivity contribution in [3.63, 3.8) is 0 Å². The van der Waals surface area contributed by atoms with E-state index in [4.69, 9.17) is 0 Å². The fraction of sp³-hybridized carbons (Fsp3) is 0.625. The van der Waals surface area contributed by atoms with Gasteiger partial charge in [-0.15, -0.1) is 0 Å². The van der Waals surface area contributed by atoms with Crippen LogP contribution in [0.4, 0.5) is 0 Å². The first-order valence-electron chi connectivity index (χ1n) is 7.41. The zero-order valence-corrected chi connectivity index (χ0v) is 12.5. The predicted octanol–water partition coefficient (Wildman–Crippen LogP) is 0.798. The summed E-state index contributed by atoms with van der Waals surface area (Å²) in [7, 11) is 0. The Hall–Kier alpha value is -0.860. The summed E-state index contributed by atoms with van der Waals surface area (Å²) in [4.78, 5) is 1.70. The Balaban J connectivity index is 2.27. The molecule has 3 N–H and O–H groups in total. The van der Waals surface area contributed by atoms with Crippen LogP contribution in [0.5, 0.6) is 0 Å². The minimum atomic E-state index is 0.634. The second-order valence-corrected chi connectivity index (χ2v) is 5.38. The second kappa shape index (κ2) is 8.28. The summed E-state index contributed by atoms with van der Waals surface area (Å²) in [6, 6.07) is 9.08. The van der Waals surface area contributed by atoms with Crippen molar-refractivity contribution in [2.75, 3.05) is 26.2 Å². The van der Waals surface area contributed by atoms with Crippen LogP contribution in [0.15, 0.2) is 24.3 Å². The highest BCUT2D eigenvalue weighted by Crippen LogP contribution is 2.13. The number of likely N-dealkylation sites (N-methyl/N-ethyl adjacent to an activating group) is 1. The maximum Gasteiger partial charge on any atom is 0.127 e. The summed E-state index contributed by atoms with van der Waals surface area (Å²) in [5, 5.41) is 2.43. The van der Waals surface area contributed by atoms with Crippen LogP contribution < -0.4 is 10.2 Å². The molecule has 0 aliphatic carbocycles. The van der Waals surface area contributed by atoms with Gasteiger partial charge in [-0.05, 0) is 25.3 Å². The van der Waals surface area contributed by atoms with Gasteiger partial charge >= 0.3 is 0 Å². The zero-order valence-electron chi connectivity index (χ0n) is 12.5. The Labute approximate surface area is 112 Å². The quantitative estimate of drug-likeness (QED) is 0.637. The van der Waals surface area contributed by atoms with Crippen molar-refractivity contribution >= 4 is 0 Å². The first kappa shape index (κ1) is 15.2. The topological polar surface area (TPSA) is 21.1 Å². The molecule has 1 aromatic carbocycles. The summed E-state index contributed by atoms with van der Waals surface area (Å²) in [5.41, 5.74) is 2.88. The van der Waals surface area contributed by atoms with Crippen molar-refractivity contribution in [2.24, 2.45) is 0 Å². The van der Waals surface area contributed by atoms with E-state index in [0.717, 1.165) is 6.54 Å². The van der Waals surface area contributed by atoms with Gasteiger partial charge in [0.15, 0.2) is 0 Å². The van der Waals surface area contributed by atoms with Crippen molar-refractivity contribution < 1.29 is 10.2 Å². The summed E-state index contributed by atoms with van der Waals surface area (Å²) >= 11 is 0. The van der Waals surface area contributed by atoms with Crippen molar-refractivity contribution in [3.05, 3.63) is 35.4 Å². The molecule has 18 heavy (non-hydrogen) atoms. The molecule has 1 rings (SSSR count). The maximum absolute atomic E-state index is 2.43. The molecule has 0 aliphatic heterocycles. The monoisotopic (exact) mass is 250 g/mol. The van der Waals surface area contributed by atoms with Crippen LogP contribution in [0.2, 0.25) is 0 Å². The molecule has 0 spiro atoms. The van der Waals surface area contributed by atoms with Crippen molar-refractivity contribution in [2.45, 2.75) is 40.2 Å². The number of nitrogens with two attached hydrogens (primary N) is 1. The lowest BCUT2D eigenvalue weighted by atomic mass is 10.0. The first-order valence-corrected chi connectivity index (χ1v) is 7.41. The SMILES string of the molecule is CC[NH+](CC)CC[NH2+]Cc1ccc(C(C)C)cc1. The lowest BCUT2D eigenvalue weighted by Gasteiger charge is -2.14. The van der Waals surface area contributed by atoms with Crippen LogP contribution in [-0.2, 0) is 6.54 Å². The van der Waals surface area contributed by atoms with Gasteiger partial charge in [0.05, 0.1) is 13.1 Å². The molecular weight excluding hydrogens is 220 g/mol. The van der Waals surface area contributed by atoms with E-state index in [-0.39, 0.29) is 0 Å². The summed E-state index contributed by atoms with van der Waals surface area (Å²) in [6.07, 6.45) is 0. The van der Waals surface area contributed by atoms with Gasteiger partial charge < -0.3 is 10.2 Å². The number of hydrogen-bond donors (Lipinski definition) is 2. The molecular formula is C16H30N2+2. The van der Waals surface area contributed by atoms with Crippen LogP contribution in [0, 0.1) is 0 Å². The Morgan fingerprint density at radius 2 is 1.67 bits per heavy atom. The number of nitrogens with one attached hydrogen (secondary N) is 1. The van der Waals surface area contributed by atoms with E-state index in [1.807, 2.05) is 0 Å². The van der Waals surface area contributed by atoms with E-state index in [1.54, 1.807) is 4.90 Å². The Kier molecular flexibility index (Phi) is 6.99. The first-order chi connectivity index (χ1) is 8.67. The summed E-state index contributed by atoms with van der Waals surface area (Å²) < 4.78 is 0. The standard InChI is InChI=1S/C16H28N2/c1-5-18(6-2)12-11-17-13-15-7-9-16(10-8-15)14(3)4/h7-10,14,17H,5-6,11-13H2,1-4H3/p+2. The van der Waals surface area contributed by atoms with Gasteiger partial charge in [0.25, 0.3) is 0 Å². The highest BCUT2D eigenvalue weighted by molar-refractivity contribution is 5.23. The zero-order chi connectivity index (χ0) is 13.4. The van der Waals surface area contributed by atoms with Crippen LogP contribution >= 0.6 is 0 Å². The molecule has 0 bridgehead atoms. The number of rotatable bonds is 8. The third-order valence-electron chi connectivity index (χ3n) is 3.73. The molecule has 0 radical (unpaired) electrons. The average Bonchev–Trinajstić information content (AvgIpc) is 2.39. The van der Waals surface area contributed by atoms with Gasteiger partial charge in [-0.3, -0.25) is 0 Å². The Bertz CT molecular complexity index is 312. The molecule has 0 fully saturated rings. The molecule has 0 atom stereocenters. The molecule has 0 unspecified atom stereocenters. The molecule has 0 heterocycles. The molecule has 0 aliphatic rings. The van der Waals surface area contributed by atoms with Crippen LogP contribution in [-0.4, -0.2) is 26.2 Å². The third kappa shape index (κ3) is 5.19. The fourth-order valence-electron chi connectivity index (χ4n) is 2.22. The van der Waals surface area contributed by atoms with E-state index in [9.17, 15) is 0 Å². The Morgan fingerprint density at radius 1 is 1.06 bits per heavy atom. The van der Waals surface area contributed by atoms with Crippen molar-refractivity contribution in [1.82, 2.24) is 0 Å². The van der Waals surface area contributed by atoms with Gasteiger partial charge in [0.1, 0.15) is 19.6 Å². The lowest BCUT2D eigenvalue weighted by molar-refractivity contribution is -0.910. The summed E-state index contributed by atoms with van der Waals surface area (Å²) in [6.45, 7) is 15.1. The smallest absolute Gasteiger partial charge is 0.127 e. The van der Waals surface area contributed by atoms with Gasteiger partial charge in [-0.2, -0.15) is 0 Å². The molecule has 0 amide bonds. The molecule has 2 nitrogen and oxygen atoms in total. The minimum absolute atomic E-state index is 0.634. The van der Waals surface area contributed by atoms with Crippen LogP contribution in [0.25, 0.3) is 0 Å². The van der Waals surface area contributed by atoms with Gasteiger partial charge in [0, 0.05) is 5.56 Å². The van der Waals surface area contributed by atoms with Crippen LogP contribution in [0.3, 0.4) is 0 Å². The van der Waals surface area contributed by atoms with E-state index in [0.29, 0.717) is 5.92 Å². The minimum Gasteiger partial charge on any atom is -0.338 e. The highest BCUT2D eigenvalue weighted by atomic mass is 15.1. The fourth-order valence-corrected chi connectivity index (χ4v) is 2.22. The maximum atomic E-state index is 2.43. The molecule has 0 saturated carbocycles. The molecule has 2 heteroatoms. The lowest BCUT2D eigenvalue weighted by Crippen LogP contribution is -3.14. The third-order valence-corrected chi connectivity index (χ3v) is 3.73. The van der Waals surface area contributed by atoms with Crippen LogP contribution in [0.1, 0.15) is 44.7 Å². The molecule has 102 valence electrons. The molecule has 0 saturated heterocycles. The Morgan fingerprint density at radius 3 is 2.17 bits per heavy atom. The molecule has 1 aromatic rings. The van der Waals surface area contributed by atoms with E-state index in [1.165, 1.54) is 37.3 Å². The van der Waals surface area contributed by atoms with Crippen molar-refractivity contribution in [3.8, 4) is 0 Å². The number of quaternary nitrogens is 2. The van der Waals surface area contributed by atoms with Gasteiger partial charge in [-0.1, -0.05) is 38.1 Å². The average molecular weight is 250 g/mol. The normalized spacial score (nSPS) is 11.4. The number of hydrogen-bond acceptors (Lipinski definition) is 0. The second-order valence-electron chi connectivity index (χ2n) is 5.38. The van der Waals surface area contributed by atoms with Gasteiger partial charge in [0.2, 0.25) is 0 Å². The molecule has 0 aromatic heterocycles. The predicted molar refractivity (Wildman–Crippen MR) is 77.9 cm³/mol. The van der Waals surface area contributed by atoms with E-state index >= 15 is 0 Å². The number of benzene rings is 1.